The second-order valence-corrected chi connectivity index (χ2v) is 3.56. The van der Waals surface area contributed by atoms with Gasteiger partial charge in [0.25, 0.3) is 0 Å². The van der Waals surface area contributed by atoms with Gasteiger partial charge in [0.2, 0.25) is 0 Å². The third-order valence-electron chi connectivity index (χ3n) is 1.47. The highest BCUT2D eigenvalue weighted by molar-refractivity contribution is 14.1. The molecule has 6 heteroatoms. The van der Waals surface area contributed by atoms with Crippen LogP contribution in [-0.2, 0) is 0 Å². The minimum absolute atomic E-state index is 0.0284. The van der Waals surface area contributed by atoms with E-state index in [0.717, 1.165) is 6.21 Å². The van der Waals surface area contributed by atoms with E-state index in [0.29, 0.717) is 6.54 Å². The van der Waals surface area contributed by atoms with Crippen LogP contribution in [0.4, 0.5) is 0 Å². The first-order valence-electron chi connectivity index (χ1n) is 3.99. The highest BCUT2D eigenvalue weighted by Gasteiger charge is 2.16. The molecule has 0 aromatic heterocycles. The molecule has 0 saturated heterocycles. The van der Waals surface area contributed by atoms with Crippen LogP contribution in [0.2, 0.25) is 0 Å². The van der Waals surface area contributed by atoms with Gasteiger partial charge in [0.05, 0.1) is 5.71 Å². The van der Waals surface area contributed by atoms with Crippen molar-refractivity contribution in [3.05, 3.63) is 11.8 Å². The molecule has 14 heavy (non-hydrogen) atoms. The van der Waals surface area contributed by atoms with E-state index >= 15 is 0 Å². The third-order valence-corrected chi connectivity index (χ3v) is 2.05. The number of aliphatic hydroxyl groups excluding tert-OH is 1. The normalized spacial score (nSPS) is 13.2. The second kappa shape index (κ2) is 6.66. The minimum Gasteiger partial charge on any atom is -0.391 e. The van der Waals surface area contributed by atoms with Gasteiger partial charge in [0, 0.05) is 24.5 Å². The van der Waals surface area contributed by atoms with E-state index in [9.17, 15) is 5.11 Å². The smallest absolute Gasteiger partial charge is 0.126 e. The zero-order valence-electron chi connectivity index (χ0n) is 7.76. The summed E-state index contributed by atoms with van der Waals surface area (Å²) in [5.74, 6) is 0. The number of aliphatic hydroxyl groups is 1. The van der Waals surface area contributed by atoms with Gasteiger partial charge < -0.3 is 15.8 Å². The Morgan fingerprint density at radius 1 is 1.57 bits per heavy atom. The van der Waals surface area contributed by atoms with Gasteiger partial charge in [0.15, 0.2) is 0 Å². The van der Waals surface area contributed by atoms with Crippen LogP contribution < -0.4 is 5.32 Å². The van der Waals surface area contributed by atoms with E-state index in [4.69, 9.17) is 16.2 Å². The van der Waals surface area contributed by atoms with Crippen LogP contribution in [0.1, 0.15) is 6.92 Å². The average molecular weight is 308 g/mol. The van der Waals surface area contributed by atoms with Crippen molar-refractivity contribution in [1.29, 1.82) is 16.2 Å². The molecule has 0 aliphatic rings. The van der Waals surface area contributed by atoms with Crippen LogP contribution in [0.5, 0.6) is 0 Å². The summed E-state index contributed by atoms with van der Waals surface area (Å²) in [6.07, 6.45) is 1.25. The lowest BCUT2D eigenvalue weighted by Crippen LogP contribution is -2.27. The molecule has 0 aliphatic carbocycles. The van der Waals surface area contributed by atoms with Crippen molar-refractivity contribution in [2.24, 2.45) is 0 Å². The van der Waals surface area contributed by atoms with Gasteiger partial charge in [-0.25, -0.2) is 0 Å². The number of nitrogens with one attached hydrogen (secondary N) is 4. The lowest BCUT2D eigenvalue weighted by atomic mass is 10.1. The van der Waals surface area contributed by atoms with Gasteiger partial charge in [-0.3, -0.25) is 10.8 Å². The highest BCUT2D eigenvalue weighted by atomic mass is 127. The van der Waals surface area contributed by atoms with Crippen LogP contribution in [0.15, 0.2) is 11.8 Å². The molecule has 0 fully saturated rings. The standard InChI is InChI=1S/C8H13IN4O/c1-2-13-4-5(3-10)7(14)6(11)8(9)12/h3-4,7,10-14H,2H2,1H3/b5-4+,10-3?,11-6?,12-8?. The Morgan fingerprint density at radius 3 is 2.50 bits per heavy atom. The summed E-state index contributed by atoms with van der Waals surface area (Å²) in [6.45, 7) is 2.56. The van der Waals surface area contributed by atoms with Crippen LogP contribution in [0.25, 0.3) is 0 Å². The quantitative estimate of drug-likeness (QED) is 0.372. The summed E-state index contributed by atoms with van der Waals surface area (Å²) < 4.78 is -0.0284. The predicted molar refractivity (Wildman–Crippen MR) is 66.0 cm³/mol. The summed E-state index contributed by atoms with van der Waals surface area (Å²) >= 11 is 1.65. The molecule has 5 nitrogen and oxygen atoms in total. The molecule has 0 bridgehead atoms. The monoisotopic (exact) mass is 308 g/mol. The van der Waals surface area contributed by atoms with Crippen LogP contribution in [-0.4, -0.2) is 33.4 Å². The Bertz CT molecular complexity index is 275. The molecule has 1 atom stereocenters. The van der Waals surface area contributed by atoms with Crippen molar-refractivity contribution < 1.29 is 5.11 Å². The lowest BCUT2D eigenvalue weighted by Gasteiger charge is -2.11. The Morgan fingerprint density at radius 2 is 2.14 bits per heavy atom. The van der Waals surface area contributed by atoms with Crippen LogP contribution >= 0.6 is 22.6 Å². The minimum atomic E-state index is -1.20. The van der Waals surface area contributed by atoms with Gasteiger partial charge in [-0.15, -0.1) is 0 Å². The molecule has 0 radical (unpaired) electrons. The first-order chi connectivity index (χ1) is 6.54. The number of halogens is 1. The molecule has 5 N–H and O–H groups in total. The van der Waals surface area contributed by atoms with E-state index in [1.807, 2.05) is 6.92 Å². The SMILES string of the molecule is CCN/C=C(\C=N)C(O)C(=N)C(=N)I. The molecule has 0 rings (SSSR count). The maximum atomic E-state index is 9.54. The summed E-state index contributed by atoms with van der Waals surface area (Å²) in [7, 11) is 0. The van der Waals surface area contributed by atoms with Gasteiger partial charge in [-0.1, -0.05) is 0 Å². The van der Waals surface area contributed by atoms with E-state index in [2.05, 4.69) is 5.32 Å². The fraction of sp³-hybridized carbons (Fsp3) is 0.375. The summed E-state index contributed by atoms with van der Waals surface area (Å²) in [5, 5.41) is 33.9. The summed E-state index contributed by atoms with van der Waals surface area (Å²) in [6, 6.07) is 0. The van der Waals surface area contributed by atoms with Crippen LogP contribution in [0, 0.1) is 16.2 Å². The number of rotatable bonds is 6. The molecule has 1 unspecified atom stereocenters. The Hall–Kier alpha value is -0.760. The molecule has 0 aromatic rings. The van der Waals surface area contributed by atoms with Crippen molar-refractivity contribution >= 4 is 38.2 Å². The van der Waals surface area contributed by atoms with Gasteiger partial charge in [-0.2, -0.15) is 0 Å². The molecule has 0 spiro atoms. The van der Waals surface area contributed by atoms with Gasteiger partial charge in [-0.05, 0) is 29.5 Å². The van der Waals surface area contributed by atoms with E-state index in [1.54, 1.807) is 22.6 Å². The molecule has 0 aliphatic heterocycles. The maximum absolute atomic E-state index is 9.54. The van der Waals surface area contributed by atoms with E-state index in [1.165, 1.54) is 6.20 Å². The van der Waals surface area contributed by atoms with Gasteiger partial charge >= 0.3 is 0 Å². The summed E-state index contributed by atoms with van der Waals surface area (Å²) in [5.41, 5.74) is 0.0801. The number of hydrogen-bond donors (Lipinski definition) is 5. The lowest BCUT2D eigenvalue weighted by molar-refractivity contribution is 0.284. The third kappa shape index (κ3) is 3.97. The van der Waals surface area contributed by atoms with Crippen LogP contribution in [0.3, 0.4) is 0 Å². The average Bonchev–Trinajstić information content (AvgIpc) is 2.17. The van der Waals surface area contributed by atoms with E-state index in [-0.39, 0.29) is 15.0 Å². The fourth-order valence-corrected chi connectivity index (χ4v) is 1.00. The van der Waals surface area contributed by atoms with Crippen molar-refractivity contribution in [1.82, 2.24) is 5.32 Å². The molecular formula is C8H13IN4O. The number of hydrogen-bond acceptors (Lipinski definition) is 5. The van der Waals surface area contributed by atoms with Crippen molar-refractivity contribution in [2.45, 2.75) is 13.0 Å². The molecule has 0 aromatic carbocycles. The fourth-order valence-electron chi connectivity index (χ4n) is 0.706. The topological polar surface area (TPSA) is 104 Å². The highest BCUT2D eigenvalue weighted by Crippen LogP contribution is 2.04. The van der Waals surface area contributed by atoms with E-state index < -0.39 is 6.10 Å². The van der Waals surface area contributed by atoms with Crippen molar-refractivity contribution in [2.75, 3.05) is 6.54 Å². The Labute approximate surface area is 96.3 Å². The molecule has 0 heterocycles. The maximum Gasteiger partial charge on any atom is 0.126 e. The Kier molecular flexibility index (Phi) is 6.30. The van der Waals surface area contributed by atoms with Gasteiger partial charge in [0.1, 0.15) is 9.82 Å². The largest absolute Gasteiger partial charge is 0.391 e. The Balaban J connectivity index is 4.61. The zero-order valence-corrected chi connectivity index (χ0v) is 9.92. The molecular weight excluding hydrogens is 295 g/mol. The second-order valence-electron chi connectivity index (χ2n) is 2.48. The molecule has 0 amide bonds. The summed E-state index contributed by atoms with van der Waals surface area (Å²) in [4.78, 5) is 0. The van der Waals surface area contributed by atoms with Crippen molar-refractivity contribution in [3.63, 3.8) is 0 Å². The van der Waals surface area contributed by atoms with Crippen molar-refractivity contribution in [3.8, 4) is 0 Å². The first-order valence-corrected chi connectivity index (χ1v) is 5.07. The first kappa shape index (κ1) is 13.2. The molecule has 78 valence electrons. The zero-order chi connectivity index (χ0) is 11.1. The molecule has 0 saturated carbocycles. The predicted octanol–water partition coefficient (Wildman–Crippen LogP) is 0.922.